The molecule has 0 radical (unpaired) electrons. The van der Waals surface area contributed by atoms with Crippen molar-refractivity contribution in [3.05, 3.63) is 65.2 Å². The first-order chi connectivity index (χ1) is 18.1. The van der Waals surface area contributed by atoms with Crippen molar-refractivity contribution in [2.45, 2.75) is 51.6 Å². The molecule has 1 aliphatic rings. The van der Waals surface area contributed by atoms with E-state index < -0.39 is 5.82 Å². The van der Waals surface area contributed by atoms with Crippen LogP contribution in [0.3, 0.4) is 0 Å². The number of rotatable bonds is 9. The van der Waals surface area contributed by atoms with Crippen LogP contribution in [-0.2, 0) is 11.2 Å². The highest BCUT2D eigenvalue weighted by Gasteiger charge is 2.22. The minimum absolute atomic E-state index is 0.0105. The number of nitrogens with zero attached hydrogens (tertiary/aromatic N) is 3. The monoisotopic (exact) mass is 539 g/mol. The number of ether oxygens (including phenoxy) is 1. The Labute approximate surface area is 228 Å². The maximum absolute atomic E-state index is 13.6. The van der Waals surface area contributed by atoms with Crippen molar-refractivity contribution in [3.63, 3.8) is 0 Å². The number of anilines is 2. The van der Waals surface area contributed by atoms with E-state index in [4.69, 9.17) is 16.3 Å². The Balaban J connectivity index is 1.42. The minimum Gasteiger partial charge on any atom is -0.496 e. The summed E-state index contributed by atoms with van der Waals surface area (Å²) in [6, 6.07) is 8.56. The van der Waals surface area contributed by atoms with E-state index in [1.807, 2.05) is 12.1 Å². The molecule has 0 spiro atoms. The van der Waals surface area contributed by atoms with E-state index in [0.717, 1.165) is 38.0 Å². The van der Waals surface area contributed by atoms with Crippen LogP contribution in [-0.4, -0.2) is 59.0 Å². The van der Waals surface area contributed by atoms with Crippen LogP contribution in [0.15, 0.2) is 48.8 Å². The smallest absolute Gasteiger partial charge is 0.159 e. The fourth-order valence-electron chi connectivity index (χ4n) is 4.72. The van der Waals surface area contributed by atoms with Gasteiger partial charge in [0.1, 0.15) is 23.7 Å². The average molecular weight is 540 g/mol. The summed E-state index contributed by atoms with van der Waals surface area (Å²) in [5.41, 5.74) is 2.11. The summed E-state index contributed by atoms with van der Waals surface area (Å²) >= 11 is 5.93. The molecular formula is C29H35ClFN5O2. The van der Waals surface area contributed by atoms with Gasteiger partial charge in [0.15, 0.2) is 5.78 Å². The van der Waals surface area contributed by atoms with E-state index in [2.05, 4.69) is 46.3 Å². The van der Waals surface area contributed by atoms with Crippen LogP contribution in [0, 0.1) is 5.82 Å². The first-order valence-electron chi connectivity index (χ1n) is 12.8. The molecule has 1 fully saturated rings. The molecule has 0 saturated carbocycles. The molecule has 2 aromatic carbocycles. The molecule has 0 aliphatic carbocycles. The number of ketones is 1. The maximum Gasteiger partial charge on any atom is 0.159 e. The van der Waals surface area contributed by atoms with Gasteiger partial charge in [0.2, 0.25) is 0 Å². The van der Waals surface area contributed by atoms with Crippen LogP contribution >= 0.6 is 11.6 Å². The normalized spacial score (nSPS) is 15.3. The van der Waals surface area contributed by atoms with E-state index in [1.165, 1.54) is 18.5 Å². The molecule has 38 heavy (non-hydrogen) atoms. The summed E-state index contributed by atoms with van der Waals surface area (Å²) in [4.78, 5) is 23.9. The number of aromatic nitrogens is 2. The number of hydrogen-bond acceptors (Lipinski definition) is 7. The lowest BCUT2D eigenvalue weighted by Gasteiger charge is -2.35. The fourth-order valence-corrected chi connectivity index (χ4v) is 4.90. The second-order valence-electron chi connectivity index (χ2n) is 10.7. The first-order valence-corrected chi connectivity index (χ1v) is 13.2. The third kappa shape index (κ3) is 7.49. The number of piperidine rings is 1. The summed E-state index contributed by atoms with van der Waals surface area (Å²) in [5.74, 6) is 0.602. The Morgan fingerprint density at radius 3 is 2.66 bits per heavy atom. The minimum atomic E-state index is -0.495. The third-order valence-electron chi connectivity index (χ3n) is 6.48. The van der Waals surface area contributed by atoms with Gasteiger partial charge < -0.3 is 15.4 Å². The quantitative estimate of drug-likeness (QED) is 0.338. The van der Waals surface area contributed by atoms with Crippen molar-refractivity contribution in [3.8, 4) is 5.75 Å². The molecule has 3 aromatic rings. The van der Waals surface area contributed by atoms with Gasteiger partial charge in [0.05, 0.1) is 17.6 Å². The van der Waals surface area contributed by atoms with E-state index in [1.54, 1.807) is 25.3 Å². The SMILES string of the molecule is COc1cc2ncnc(Nc3ccc(F)c(Cl)c3)c2cc1CC(=O)/C=C/CN1CCC(NC(C)(C)C)CC1. The molecule has 0 bridgehead atoms. The second-order valence-corrected chi connectivity index (χ2v) is 11.1. The highest BCUT2D eigenvalue weighted by molar-refractivity contribution is 6.31. The molecular weight excluding hydrogens is 505 g/mol. The van der Waals surface area contributed by atoms with E-state index >= 15 is 0 Å². The third-order valence-corrected chi connectivity index (χ3v) is 6.77. The number of halogens is 2. The second kappa shape index (κ2) is 12.2. The molecule has 1 aliphatic heterocycles. The van der Waals surface area contributed by atoms with Gasteiger partial charge in [-0.3, -0.25) is 9.69 Å². The van der Waals surface area contributed by atoms with Crippen molar-refractivity contribution in [2.24, 2.45) is 0 Å². The lowest BCUT2D eigenvalue weighted by molar-refractivity contribution is -0.114. The van der Waals surface area contributed by atoms with Crippen molar-refractivity contribution in [2.75, 3.05) is 32.1 Å². The predicted octanol–water partition coefficient (Wildman–Crippen LogP) is 5.69. The molecule has 0 amide bonds. The highest BCUT2D eigenvalue weighted by atomic mass is 35.5. The summed E-state index contributed by atoms with van der Waals surface area (Å²) in [7, 11) is 1.57. The van der Waals surface area contributed by atoms with Gasteiger partial charge in [0.25, 0.3) is 0 Å². The van der Waals surface area contributed by atoms with Gasteiger partial charge >= 0.3 is 0 Å². The van der Waals surface area contributed by atoms with Gasteiger partial charge in [-0.2, -0.15) is 0 Å². The van der Waals surface area contributed by atoms with E-state index in [9.17, 15) is 9.18 Å². The largest absolute Gasteiger partial charge is 0.496 e. The Morgan fingerprint density at radius 1 is 1.21 bits per heavy atom. The van der Waals surface area contributed by atoms with E-state index in [0.29, 0.717) is 34.2 Å². The fraction of sp³-hybridized carbons (Fsp3) is 0.414. The van der Waals surface area contributed by atoms with Crippen LogP contribution in [0.5, 0.6) is 5.75 Å². The number of hydrogen-bond donors (Lipinski definition) is 2. The Hall–Kier alpha value is -3.07. The molecule has 1 aromatic heterocycles. The van der Waals surface area contributed by atoms with Gasteiger partial charge in [0, 0.05) is 47.2 Å². The Bertz CT molecular complexity index is 1320. The lowest BCUT2D eigenvalue weighted by Crippen LogP contribution is -2.49. The van der Waals surface area contributed by atoms with Gasteiger partial charge in [-0.25, -0.2) is 14.4 Å². The molecule has 2 heterocycles. The molecule has 202 valence electrons. The molecule has 7 nitrogen and oxygen atoms in total. The average Bonchev–Trinajstić information content (AvgIpc) is 2.86. The van der Waals surface area contributed by atoms with Crippen LogP contribution in [0.1, 0.15) is 39.2 Å². The Kier molecular flexibility index (Phi) is 8.97. The standard InChI is InChI=1S/C29H35ClFN5O2/c1-29(2,3)35-20-9-12-36(13-10-20)11-5-6-22(37)14-19-15-23-26(17-27(19)38-4)32-18-33-28(23)34-21-7-8-25(31)24(30)16-21/h5-8,15-18,20,35H,9-14H2,1-4H3,(H,32,33,34)/b6-5+. The predicted molar refractivity (Wildman–Crippen MR) is 151 cm³/mol. The number of fused-ring (bicyclic) bond motifs is 1. The summed E-state index contributed by atoms with van der Waals surface area (Å²) < 4.78 is 19.1. The number of benzene rings is 2. The molecule has 1 saturated heterocycles. The summed E-state index contributed by atoms with van der Waals surface area (Å²) in [6.45, 7) is 9.38. The van der Waals surface area contributed by atoms with Crippen molar-refractivity contribution in [1.82, 2.24) is 20.2 Å². The van der Waals surface area contributed by atoms with Crippen LogP contribution in [0.2, 0.25) is 5.02 Å². The summed E-state index contributed by atoms with van der Waals surface area (Å²) in [5, 5.41) is 7.58. The van der Waals surface area contributed by atoms with Gasteiger partial charge in [-0.05, 0) is 77.0 Å². The number of likely N-dealkylation sites (tertiary alicyclic amines) is 1. The molecule has 0 atom stereocenters. The number of carbonyl (C=O) groups is 1. The maximum atomic E-state index is 13.6. The zero-order valence-corrected chi connectivity index (χ0v) is 23.1. The first kappa shape index (κ1) is 28.0. The molecule has 9 heteroatoms. The lowest BCUT2D eigenvalue weighted by atomic mass is 10.00. The van der Waals surface area contributed by atoms with Crippen LogP contribution in [0.25, 0.3) is 10.9 Å². The summed E-state index contributed by atoms with van der Waals surface area (Å²) in [6.07, 6.45) is 7.44. The molecule has 0 unspecified atom stereocenters. The zero-order valence-electron chi connectivity index (χ0n) is 22.4. The number of nitrogens with one attached hydrogen (secondary N) is 2. The van der Waals surface area contributed by atoms with Crippen molar-refractivity contribution in [1.29, 1.82) is 0 Å². The van der Waals surface area contributed by atoms with E-state index in [-0.39, 0.29) is 22.8 Å². The van der Waals surface area contributed by atoms with Gasteiger partial charge in [-0.15, -0.1) is 0 Å². The Morgan fingerprint density at radius 2 is 1.97 bits per heavy atom. The molecule has 4 rings (SSSR count). The van der Waals surface area contributed by atoms with Crippen molar-refractivity contribution < 1.29 is 13.9 Å². The topological polar surface area (TPSA) is 79.4 Å². The number of allylic oxidation sites excluding steroid dienone is 1. The molecule has 2 N–H and O–H groups in total. The number of methoxy groups -OCH3 is 1. The van der Waals surface area contributed by atoms with Crippen LogP contribution < -0.4 is 15.4 Å². The van der Waals surface area contributed by atoms with Gasteiger partial charge in [-0.1, -0.05) is 17.7 Å². The highest BCUT2D eigenvalue weighted by Crippen LogP contribution is 2.31. The zero-order chi connectivity index (χ0) is 27.3. The van der Waals surface area contributed by atoms with Crippen molar-refractivity contribution >= 4 is 39.8 Å². The number of carbonyl (C=O) groups excluding carboxylic acids is 1. The van der Waals surface area contributed by atoms with Crippen LogP contribution in [0.4, 0.5) is 15.9 Å².